The summed E-state index contributed by atoms with van der Waals surface area (Å²) in [5.74, 6) is 0.335. The number of hydrogen-bond acceptors (Lipinski definition) is 7. The summed E-state index contributed by atoms with van der Waals surface area (Å²) >= 11 is 6.58. The van der Waals surface area contributed by atoms with Gasteiger partial charge in [0.1, 0.15) is 17.6 Å². The molecular formula is C22H25Cl2FN4O4. The lowest BCUT2D eigenvalue weighted by atomic mass is 10.0. The lowest BCUT2D eigenvalue weighted by Gasteiger charge is -2.23. The van der Waals surface area contributed by atoms with E-state index >= 15 is 0 Å². The molecule has 33 heavy (non-hydrogen) atoms. The molecule has 178 valence electrons. The van der Waals surface area contributed by atoms with Crippen LogP contribution < -0.4 is 15.1 Å². The average Bonchev–Trinajstić information content (AvgIpc) is 3.32. The molecule has 0 saturated heterocycles. The van der Waals surface area contributed by atoms with Gasteiger partial charge in [-0.1, -0.05) is 11.6 Å². The molecule has 2 aliphatic heterocycles. The van der Waals surface area contributed by atoms with Crippen molar-refractivity contribution in [1.29, 1.82) is 0 Å². The summed E-state index contributed by atoms with van der Waals surface area (Å²) in [6.07, 6.45) is 0.630. The fourth-order valence-electron chi connectivity index (χ4n) is 4.48. The number of ether oxygens (including phenoxy) is 2. The van der Waals surface area contributed by atoms with E-state index in [2.05, 4.69) is 16.8 Å². The van der Waals surface area contributed by atoms with Crippen molar-refractivity contribution in [2.75, 3.05) is 44.7 Å². The monoisotopic (exact) mass is 498 g/mol. The van der Waals surface area contributed by atoms with Gasteiger partial charge in [0.2, 0.25) is 5.43 Å². The summed E-state index contributed by atoms with van der Waals surface area (Å²) < 4.78 is 25.4. The van der Waals surface area contributed by atoms with E-state index in [0.29, 0.717) is 22.9 Å². The molecule has 0 N–H and O–H groups in total. The SMILES string of the molecule is CCOC(=O)Oc1cn([C@@H]2C[C@@H]2F)c2nc(N3CC4=C(CN(C)CC4)C3)c(Cl)cc2c1=O.Cl. The Bertz CT molecular complexity index is 1200. The second-order valence-corrected chi connectivity index (χ2v) is 8.96. The maximum atomic E-state index is 14.0. The maximum absolute atomic E-state index is 14.0. The van der Waals surface area contributed by atoms with Crippen LogP contribution in [0.25, 0.3) is 11.0 Å². The van der Waals surface area contributed by atoms with Crippen LogP contribution in [0.5, 0.6) is 5.75 Å². The Labute approximate surface area is 201 Å². The normalized spacial score (nSPS) is 22.2. The number of alkyl halides is 1. The van der Waals surface area contributed by atoms with Crippen LogP contribution in [0.4, 0.5) is 15.0 Å². The number of carbonyl (C=O) groups excluding carboxylic acids is 1. The second-order valence-electron chi connectivity index (χ2n) is 8.55. The number of anilines is 1. The van der Waals surface area contributed by atoms with E-state index in [1.807, 2.05) is 0 Å². The standard InChI is InChI=1S/C22H24ClFN4O4.ClH/c1-3-31-22(30)32-18-11-28(17-7-16(17)24)20-14(19(18)29)6-15(23)21(25-20)27-9-12-4-5-26(2)8-13(12)10-27;/h6,11,16-17H,3-5,7-10H2,1-2H3;1H/t16-,17+;/m0./s1. The van der Waals surface area contributed by atoms with Crippen LogP contribution in [-0.4, -0.2) is 66.6 Å². The van der Waals surface area contributed by atoms with Gasteiger partial charge in [-0.05, 0) is 37.6 Å². The second kappa shape index (κ2) is 9.12. The number of hydrogen-bond donors (Lipinski definition) is 0. The molecule has 2 aromatic rings. The van der Waals surface area contributed by atoms with E-state index in [4.69, 9.17) is 26.1 Å². The zero-order valence-electron chi connectivity index (χ0n) is 18.3. The lowest BCUT2D eigenvalue weighted by molar-refractivity contribution is 0.103. The maximum Gasteiger partial charge on any atom is 0.514 e. The van der Waals surface area contributed by atoms with E-state index in [-0.39, 0.29) is 30.1 Å². The minimum Gasteiger partial charge on any atom is -0.434 e. The minimum atomic E-state index is -1.05. The number of nitrogens with zero attached hydrogens (tertiary/aromatic N) is 4. The topological polar surface area (TPSA) is 76.9 Å². The number of aromatic nitrogens is 2. The van der Waals surface area contributed by atoms with E-state index in [0.717, 1.165) is 32.6 Å². The highest BCUT2D eigenvalue weighted by molar-refractivity contribution is 6.33. The van der Waals surface area contributed by atoms with Gasteiger partial charge in [-0.2, -0.15) is 0 Å². The van der Waals surface area contributed by atoms with Crippen LogP contribution in [0.2, 0.25) is 5.02 Å². The molecule has 1 saturated carbocycles. The quantitative estimate of drug-likeness (QED) is 0.469. The molecule has 0 unspecified atom stereocenters. The number of rotatable bonds is 4. The number of carbonyl (C=O) groups is 1. The Morgan fingerprint density at radius 3 is 2.73 bits per heavy atom. The Kier molecular flexibility index (Phi) is 6.57. The zero-order chi connectivity index (χ0) is 22.6. The van der Waals surface area contributed by atoms with Crippen LogP contribution in [0.3, 0.4) is 0 Å². The molecule has 4 heterocycles. The van der Waals surface area contributed by atoms with Crippen LogP contribution >= 0.6 is 24.0 Å². The largest absolute Gasteiger partial charge is 0.514 e. The predicted octanol–water partition coefficient (Wildman–Crippen LogP) is 3.74. The molecule has 0 bridgehead atoms. The van der Waals surface area contributed by atoms with Gasteiger partial charge >= 0.3 is 6.16 Å². The van der Waals surface area contributed by atoms with Gasteiger partial charge in [-0.25, -0.2) is 14.2 Å². The van der Waals surface area contributed by atoms with Crippen molar-refractivity contribution in [2.45, 2.75) is 32.0 Å². The Morgan fingerprint density at radius 2 is 2.03 bits per heavy atom. The Hall–Kier alpha value is -2.36. The summed E-state index contributed by atoms with van der Waals surface area (Å²) in [6.45, 7) is 5.14. The molecule has 8 nitrogen and oxygen atoms in total. The highest BCUT2D eigenvalue weighted by Crippen LogP contribution is 2.42. The highest BCUT2D eigenvalue weighted by Gasteiger charge is 2.40. The van der Waals surface area contributed by atoms with E-state index in [1.165, 1.54) is 23.4 Å². The first-order valence-corrected chi connectivity index (χ1v) is 11.1. The Balaban J connectivity index is 0.00000259. The zero-order valence-corrected chi connectivity index (χ0v) is 19.9. The molecule has 2 atom stereocenters. The van der Waals surface area contributed by atoms with Crippen LogP contribution in [0.1, 0.15) is 25.8 Å². The third-order valence-corrected chi connectivity index (χ3v) is 6.50. The third kappa shape index (κ3) is 4.41. The van der Waals surface area contributed by atoms with Crippen molar-refractivity contribution in [3.8, 4) is 5.75 Å². The molecule has 0 aromatic carbocycles. The van der Waals surface area contributed by atoms with Gasteiger partial charge in [0.05, 0.1) is 29.3 Å². The van der Waals surface area contributed by atoms with Gasteiger partial charge in [0.15, 0.2) is 5.75 Å². The number of fused-ring (bicyclic) bond motifs is 1. The predicted molar refractivity (Wildman–Crippen MR) is 126 cm³/mol. The molecular weight excluding hydrogens is 474 g/mol. The molecule has 0 spiro atoms. The smallest absolute Gasteiger partial charge is 0.434 e. The summed E-state index contributed by atoms with van der Waals surface area (Å²) in [4.78, 5) is 33.9. The number of pyridine rings is 2. The van der Waals surface area contributed by atoms with E-state index < -0.39 is 23.8 Å². The van der Waals surface area contributed by atoms with Crippen molar-refractivity contribution in [2.24, 2.45) is 0 Å². The van der Waals surface area contributed by atoms with Crippen LogP contribution in [0.15, 0.2) is 28.2 Å². The highest BCUT2D eigenvalue weighted by atomic mass is 35.5. The van der Waals surface area contributed by atoms with Crippen LogP contribution in [-0.2, 0) is 4.74 Å². The van der Waals surface area contributed by atoms with Crippen LogP contribution in [0, 0.1) is 0 Å². The summed E-state index contributed by atoms with van der Waals surface area (Å²) in [6, 6.07) is 1.07. The lowest BCUT2D eigenvalue weighted by Crippen LogP contribution is -2.28. The van der Waals surface area contributed by atoms with Crippen molar-refractivity contribution >= 4 is 47.0 Å². The molecule has 11 heteroatoms. The minimum absolute atomic E-state index is 0. The van der Waals surface area contributed by atoms with E-state index in [9.17, 15) is 14.0 Å². The summed E-state index contributed by atoms with van der Waals surface area (Å²) in [7, 11) is 2.10. The summed E-state index contributed by atoms with van der Waals surface area (Å²) in [5.41, 5.74) is 2.57. The first kappa shape index (κ1) is 23.8. The average molecular weight is 499 g/mol. The van der Waals surface area contributed by atoms with Gasteiger partial charge in [0.25, 0.3) is 0 Å². The van der Waals surface area contributed by atoms with E-state index in [1.54, 1.807) is 11.5 Å². The number of likely N-dealkylation sites (N-methyl/N-ethyl adjacent to an activating group) is 1. The van der Waals surface area contributed by atoms with Crippen molar-refractivity contribution in [3.63, 3.8) is 0 Å². The summed E-state index contributed by atoms with van der Waals surface area (Å²) in [5, 5.41) is 0.506. The van der Waals surface area contributed by atoms with Crippen molar-refractivity contribution < 1.29 is 18.7 Å². The number of halogens is 3. The molecule has 0 radical (unpaired) electrons. The molecule has 5 rings (SSSR count). The first-order valence-electron chi connectivity index (χ1n) is 10.7. The van der Waals surface area contributed by atoms with Gasteiger partial charge in [-0.3, -0.25) is 4.79 Å². The molecule has 1 aliphatic carbocycles. The van der Waals surface area contributed by atoms with Gasteiger partial charge in [0, 0.05) is 32.6 Å². The van der Waals surface area contributed by atoms with Crippen molar-refractivity contribution in [3.05, 3.63) is 38.7 Å². The first-order chi connectivity index (χ1) is 15.4. The molecule has 1 fully saturated rings. The van der Waals surface area contributed by atoms with Crippen molar-refractivity contribution in [1.82, 2.24) is 14.5 Å². The fourth-order valence-corrected chi connectivity index (χ4v) is 4.75. The fraction of sp³-hybridized carbons (Fsp3) is 0.500. The van der Waals surface area contributed by atoms with Gasteiger partial charge in [-0.15, -0.1) is 12.4 Å². The Morgan fingerprint density at radius 1 is 1.30 bits per heavy atom. The third-order valence-electron chi connectivity index (χ3n) is 6.22. The molecule has 0 amide bonds. The molecule has 3 aliphatic rings. The molecule has 2 aromatic heterocycles. The van der Waals surface area contributed by atoms with Gasteiger partial charge < -0.3 is 23.8 Å².